The Labute approximate surface area is 121 Å². The molecule has 1 unspecified atom stereocenters. The Balaban J connectivity index is 2.18. The van der Waals surface area contributed by atoms with Crippen LogP contribution in [-0.2, 0) is 15.1 Å². The lowest BCUT2D eigenvalue weighted by atomic mass is 9.82. The Hall–Kier alpha value is -2.69. The fraction of sp³-hybridized carbons (Fsp3) is 0.188. The van der Waals surface area contributed by atoms with Crippen molar-refractivity contribution in [3.8, 4) is 11.5 Å². The molecule has 2 N–H and O–H groups in total. The summed E-state index contributed by atoms with van der Waals surface area (Å²) in [5, 5.41) is 18.9. The van der Waals surface area contributed by atoms with Crippen molar-refractivity contribution in [2.24, 2.45) is 0 Å². The number of benzene rings is 2. The van der Waals surface area contributed by atoms with Gasteiger partial charge in [-0.15, -0.1) is 0 Å². The van der Waals surface area contributed by atoms with Crippen LogP contribution in [-0.4, -0.2) is 22.5 Å². The molecule has 0 aliphatic carbocycles. The Kier molecular flexibility index (Phi) is 2.97. The van der Waals surface area contributed by atoms with Crippen LogP contribution in [0.15, 0.2) is 48.5 Å². The first-order chi connectivity index (χ1) is 10.0. The smallest absolute Gasteiger partial charge is 0.508 e. The number of hydrogen-bond acceptors (Lipinski definition) is 5. The quantitative estimate of drug-likeness (QED) is 0.830. The number of cyclic esters (lactones) is 2. The second-order valence-corrected chi connectivity index (χ2v) is 4.94. The number of phenolic OH excluding ortho intramolecular Hbond substituents is 2. The maximum atomic E-state index is 11.6. The SMILES string of the molecule is CC1OC(=O)OC1(c1ccc(O)cc1)c1ccc(O)cc1. The molecule has 3 rings (SSSR count). The van der Waals surface area contributed by atoms with Crippen LogP contribution in [0.25, 0.3) is 0 Å². The third-order valence-electron chi connectivity index (χ3n) is 3.68. The van der Waals surface area contributed by atoms with Gasteiger partial charge in [0.15, 0.2) is 6.10 Å². The largest absolute Gasteiger partial charge is 0.510 e. The monoisotopic (exact) mass is 286 g/mol. The summed E-state index contributed by atoms with van der Waals surface area (Å²) in [7, 11) is 0. The molecule has 1 atom stereocenters. The lowest BCUT2D eigenvalue weighted by Gasteiger charge is -2.30. The minimum Gasteiger partial charge on any atom is -0.508 e. The normalized spacial score (nSPS) is 19.9. The van der Waals surface area contributed by atoms with Gasteiger partial charge in [-0.3, -0.25) is 0 Å². The molecule has 0 saturated carbocycles. The molecule has 1 aliphatic rings. The van der Waals surface area contributed by atoms with Gasteiger partial charge in [-0.1, -0.05) is 24.3 Å². The van der Waals surface area contributed by atoms with E-state index in [0.717, 1.165) is 0 Å². The summed E-state index contributed by atoms with van der Waals surface area (Å²) in [6.07, 6.45) is -1.29. The topological polar surface area (TPSA) is 76.0 Å². The maximum Gasteiger partial charge on any atom is 0.510 e. The Bertz CT molecular complexity index is 615. The zero-order chi connectivity index (χ0) is 15.0. The highest BCUT2D eigenvalue weighted by Crippen LogP contribution is 2.43. The number of aromatic hydroxyl groups is 2. The maximum absolute atomic E-state index is 11.6. The highest BCUT2D eigenvalue weighted by Gasteiger charge is 2.51. The van der Waals surface area contributed by atoms with Crippen LogP contribution in [0.1, 0.15) is 18.1 Å². The van der Waals surface area contributed by atoms with Crippen molar-refractivity contribution in [1.82, 2.24) is 0 Å². The molecule has 2 aromatic rings. The van der Waals surface area contributed by atoms with Crippen molar-refractivity contribution in [2.45, 2.75) is 18.6 Å². The standard InChI is InChI=1S/C16H14O5/c1-10-16(21-15(19)20-10,11-2-6-13(17)7-3-11)12-4-8-14(18)9-5-12/h2-10,17-18H,1H3. The molecule has 1 fully saturated rings. The van der Waals surface area contributed by atoms with Gasteiger partial charge in [-0.05, 0) is 31.2 Å². The van der Waals surface area contributed by atoms with Gasteiger partial charge in [-0.25, -0.2) is 4.79 Å². The molecular formula is C16H14O5. The van der Waals surface area contributed by atoms with E-state index in [2.05, 4.69) is 0 Å². The Morgan fingerprint density at radius 1 is 0.905 bits per heavy atom. The molecule has 21 heavy (non-hydrogen) atoms. The summed E-state index contributed by atoms with van der Waals surface area (Å²) in [6.45, 7) is 1.74. The summed E-state index contributed by atoms with van der Waals surface area (Å²) in [4.78, 5) is 11.6. The molecule has 1 aliphatic heterocycles. The molecule has 108 valence electrons. The van der Waals surface area contributed by atoms with Crippen molar-refractivity contribution in [3.05, 3.63) is 59.7 Å². The van der Waals surface area contributed by atoms with Gasteiger partial charge in [0, 0.05) is 11.1 Å². The lowest BCUT2D eigenvalue weighted by molar-refractivity contribution is 0.0701. The number of carbonyl (C=O) groups is 1. The second kappa shape index (κ2) is 4.70. The fourth-order valence-electron chi connectivity index (χ4n) is 2.64. The van der Waals surface area contributed by atoms with E-state index in [9.17, 15) is 15.0 Å². The fourth-order valence-corrected chi connectivity index (χ4v) is 2.64. The molecule has 1 saturated heterocycles. The summed E-state index contributed by atoms with van der Waals surface area (Å²) >= 11 is 0. The zero-order valence-corrected chi connectivity index (χ0v) is 11.3. The molecular weight excluding hydrogens is 272 g/mol. The van der Waals surface area contributed by atoms with Crippen molar-refractivity contribution < 1.29 is 24.5 Å². The van der Waals surface area contributed by atoms with E-state index in [0.29, 0.717) is 11.1 Å². The summed E-state index contributed by atoms with van der Waals surface area (Å²) in [6, 6.07) is 12.8. The first kappa shape index (κ1) is 13.3. The average molecular weight is 286 g/mol. The van der Waals surface area contributed by atoms with Gasteiger partial charge in [0.25, 0.3) is 0 Å². The van der Waals surface area contributed by atoms with Crippen LogP contribution in [0.5, 0.6) is 11.5 Å². The van der Waals surface area contributed by atoms with E-state index < -0.39 is 17.9 Å². The van der Waals surface area contributed by atoms with Crippen LogP contribution in [0.4, 0.5) is 4.79 Å². The highest BCUT2D eigenvalue weighted by atomic mass is 16.8. The number of hydrogen-bond donors (Lipinski definition) is 2. The van der Waals surface area contributed by atoms with Crippen LogP contribution >= 0.6 is 0 Å². The van der Waals surface area contributed by atoms with Gasteiger partial charge in [0.05, 0.1) is 0 Å². The number of phenols is 2. The first-order valence-electron chi connectivity index (χ1n) is 6.51. The van der Waals surface area contributed by atoms with Gasteiger partial charge in [0.1, 0.15) is 11.5 Å². The average Bonchev–Trinajstić information content (AvgIpc) is 2.76. The van der Waals surface area contributed by atoms with E-state index in [-0.39, 0.29) is 11.5 Å². The summed E-state index contributed by atoms with van der Waals surface area (Å²) in [5.41, 5.74) is 0.270. The zero-order valence-electron chi connectivity index (χ0n) is 11.3. The van der Waals surface area contributed by atoms with Crippen molar-refractivity contribution in [1.29, 1.82) is 0 Å². The Morgan fingerprint density at radius 3 is 1.67 bits per heavy atom. The van der Waals surface area contributed by atoms with Crippen LogP contribution < -0.4 is 0 Å². The minimum atomic E-state index is -1.10. The van der Waals surface area contributed by atoms with Crippen molar-refractivity contribution in [3.63, 3.8) is 0 Å². The molecule has 0 aromatic heterocycles. The number of carbonyl (C=O) groups excluding carboxylic acids is 1. The van der Waals surface area contributed by atoms with Crippen LogP contribution in [0, 0.1) is 0 Å². The van der Waals surface area contributed by atoms with E-state index in [1.165, 1.54) is 24.3 Å². The third-order valence-corrected chi connectivity index (χ3v) is 3.68. The highest BCUT2D eigenvalue weighted by molar-refractivity contribution is 5.66. The molecule has 1 heterocycles. The lowest BCUT2D eigenvalue weighted by Crippen LogP contribution is -2.36. The molecule has 2 aromatic carbocycles. The predicted octanol–water partition coefficient (Wildman–Crippen LogP) is 2.90. The molecule has 5 heteroatoms. The van der Waals surface area contributed by atoms with Crippen LogP contribution in [0.2, 0.25) is 0 Å². The van der Waals surface area contributed by atoms with Crippen molar-refractivity contribution >= 4 is 6.16 Å². The van der Waals surface area contributed by atoms with Gasteiger partial charge in [-0.2, -0.15) is 0 Å². The van der Waals surface area contributed by atoms with Gasteiger partial charge in [0.2, 0.25) is 5.60 Å². The van der Waals surface area contributed by atoms with Gasteiger partial charge < -0.3 is 19.7 Å². The number of rotatable bonds is 2. The van der Waals surface area contributed by atoms with Crippen molar-refractivity contribution in [2.75, 3.05) is 0 Å². The van der Waals surface area contributed by atoms with E-state index in [1.54, 1.807) is 31.2 Å². The summed E-state index contributed by atoms with van der Waals surface area (Å²) in [5.74, 6) is 0.245. The predicted molar refractivity (Wildman–Crippen MR) is 74.0 cm³/mol. The summed E-state index contributed by atoms with van der Waals surface area (Å²) < 4.78 is 10.6. The second-order valence-electron chi connectivity index (χ2n) is 4.94. The molecule has 5 nitrogen and oxygen atoms in total. The number of ether oxygens (including phenoxy) is 2. The van der Waals surface area contributed by atoms with E-state index in [4.69, 9.17) is 9.47 Å². The first-order valence-corrected chi connectivity index (χ1v) is 6.51. The molecule has 0 radical (unpaired) electrons. The minimum absolute atomic E-state index is 0.123. The van der Waals surface area contributed by atoms with E-state index >= 15 is 0 Å². The molecule has 0 spiro atoms. The van der Waals surface area contributed by atoms with Crippen LogP contribution in [0.3, 0.4) is 0 Å². The molecule has 0 bridgehead atoms. The third kappa shape index (κ3) is 2.07. The Morgan fingerprint density at radius 2 is 1.33 bits per heavy atom. The molecule has 0 amide bonds. The van der Waals surface area contributed by atoms with E-state index in [1.807, 2.05) is 0 Å². The van der Waals surface area contributed by atoms with Gasteiger partial charge >= 0.3 is 6.16 Å².